The van der Waals surface area contributed by atoms with Crippen molar-refractivity contribution >= 4 is 5.91 Å². The lowest BCUT2D eigenvalue weighted by molar-refractivity contribution is -0.130. The zero-order valence-corrected chi connectivity index (χ0v) is 11.4. The van der Waals surface area contributed by atoms with Crippen molar-refractivity contribution in [2.45, 2.75) is 38.9 Å². The van der Waals surface area contributed by atoms with Crippen molar-refractivity contribution in [3.63, 3.8) is 0 Å². The van der Waals surface area contributed by atoms with Crippen molar-refractivity contribution in [3.05, 3.63) is 35.6 Å². The number of ether oxygens (including phenoxy) is 1. The van der Waals surface area contributed by atoms with Crippen molar-refractivity contribution < 1.29 is 13.9 Å². The molecule has 1 saturated heterocycles. The number of carbonyl (C=O) groups is 1. The maximum atomic E-state index is 12.8. The van der Waals surface area contributed by atoms with E-state index in [0.717, 1.165) is 18.5 Å². The summed E-state index contributed by atoms with van der Waals surface area (Å²) in [7, 11) is 0. The number of hydrogen-bond donors (Lipinski definition) is 0. The Morgan fingerprint density at radius 1 is 1.42 bits per heavy atom. The first kappa shape index (κ1) is 14.0. The molecular formula is C15H20FNO2. The van der Waals surface area contributed by atoms with Crippen LogP contribution in [0.5, 0.6) is 0 Å². The SMILES string of the molecule is CC(C)O[C@@H]1CCN(C(=O)Cc2ccc(F)cc2)C1. The molecule has 0 saturated carbocycles. The fourth-order valence-electron chi connectivity index (χ4n) is 2.34. The first-order chi connectivity index (χ1) is 9.04. The van der Waals surface area contributed by atoms with Crippen LogP contribution in [0.15, 0.2) is 24.3 Å². The second-order valence-electron chi connectivity index (χ2n) is 5.24. The van der Waals surface area contributed by atoms with E-state index in [4.69, 9.17) is 4.74 Å². The lowest BCUT2D eigenvalue weighted by Crippen LogP contribution is -2.32. The minimum absolute atomic E-state index is 0.0847. The van der Waals surface area contributed by atoms with Gasteiger partial charge in [0.1, 0.15) is 5.82 Å². The Hall–Kier alpha value is -1.42. The second kappa shape index (κ2) is 6.15. The summed E-state index contributed by atoms with van der Waals surface area (Å²) in [6, 6.07) is 6.09. The molecule has 1 aliphatic heterocycles. The lowest BCUT2D eigenvalue weighted by Gasteiger charge is -2.18. The standard InChI is InChI=1S/C15H20FNO2/c1-11(2)19-14-7-8-17(10-14)15(18)9-12-3-5-13(16)6-4-12/h3-6,11,14H,7-10H2,1-2H3/t14-/m1/s1. The number of hydrogen-bond acceptors (Lipinski definition) is 2. The van der Waals surface area contributed by atoms with Gasteiger partial charge in [0.05, 0.1) is 18.6 Å². The number of halogens is 1. The zero-order chi connectivity index (χ0) is 13.8. The van der Waals surface area contributed by atoms with E-state index in [1.165, 1.54) is 12.1 Å². The van der Waals surface area contributed by atoms with Gasteiger partial charge in [-0.05, 0) is 38.0 Å². The molecule has 2 rings (SSSR count). The highest BCUT2D eigenvalue weighted by Gasteiger charge is 2.27. The number of rotatable bonds is 4. The molecule has 1 aromatic rings. The van der Waals surface area contributed by atoms with Gasteiger partial charge in [-0.25, -0.2) is 4.39 Å². The van der Waals surface area contributed by atoms with Gasteiger partial charge < -0.3 is 9.64 Å². The average molecular weight is 265 g/mol. The number of nitrogens with zero attached hydrogens (tertiary/aromatic N) is 1. The van der Waals surface area contributed by atoms with E-state index in [9.17, 15) is 9.18 Å². The summed E-state index contributed by atoms with van der Waals surface area (Å²) >= 11 is 0. The molecule has 1 atom stereocenters. The molecule has 1 amide bonds. The minimum atomic E-state index is -0.275. The third-order valence-electron chi connectivity index (χ3n) is 3.23. The Morgan fingerprint density at radius 3 is 2.74 bits per heavy atom. The highest BCUT2D eigenvalue weighted by Crippen LogP contribution is 2.16. The van der Waals surface area contributed by atoms with E-state index in [1.54, 1.807) is 12.1 Å². The van der Waals surface area contributed by atoms with Crippen LogP contribution < -0.4 is 0 Å². The lowest BCUT2D eigenvalue weighted by atomic mass is 10.1. The maximum Gasteiger partial charge on any atom is 0.227 e. The fourth-order valence-corrected chi connectivity index (χ4v) is 2.34. The third kappa shape index (κ3) is 4.03. The number of benzene rings is 1. The maximum absolute atomic E-state index is 12.8. The van der Waals surface area contributed by atoms with Crippen LogP contribution in [0, 0.1) is 5.82 Å². The number of carbonyl (C=O) groups excluding carboxylic acids is 1. The smallest absolute Gasteiger partial charge is 0.227 e. The Balaban J connectivity index is 1.86. The molecular weight excluding hydrogens is 245 g/mol. The van der Waals surface area contributed by atoms with Gasteiger partial charge in [0.15, 0.2) is 0 Å². The van der Waals surface area contributed by atoms with Gasteiger partial charge in [0, 0.05) is 13.1 Å². The Kier molecular flexibility index (Phi) is 4.53. The van der Waals surface area contributed by atoms with Crippen molar-refractivity contribution in [1.29, 1.82) is 0 Å². The summed E-state index contributed by atoms with van der Waals surface area (Å²) < 4.78 is 18.5. The number of amides is 1. The third-order valence-corrected chi connectivity index (χ3v) is 3.23. The highest BCUT2D eigenvalue weighted by atomic mass is 19.1. The summed E-state index contributed by atoms with van der Waals surface area (Å²) in [6.07, 6.45) is 1.57. The average Bonchev–Trinajstić information content (AvgIpc) is 2.80. The van der Waals surface area contributed by atoms with Crippen molar-refractivity contribution in [2.75, 3.05) is 13.1 Å². The first-order valence-electron chi connectivity index (χ1n) is 6.72. The van der Waals surface area contributed by atoms with Crippen LogP contribution in [0.25, 0.3) is 0 Å². The predicted molar refractivity (Wildman–Crippen MR) is 71.3 cm³/mol. The fraction of sp³-hybridized carbons (Fsp3) is 0.533. The van der Waals surface area contributed by atoms with E-state index >= 15 is 0 Å². The van der Waals surface area contributed by atoms with Crippen LogP contribution in [0.3, 0.4) is 0 Å². The predicted octanol–water partition coefficient (Wildman–Crippen LogP) is 2.39. The minimum Gasteiger partial charge on any atom is -0.374 e. The molecule has 1 heterocycles. The molecule has 19 heavy (non-hydrogen) atoms. The molecule has 0 aromatic heterocycles. The summed E-state index contributed by atoms with van der Waals surface area (Å²) in [5.41, 5.74) is 0.847. The van der Waals surface area contributed by atoms with Crippen molar-refractivity contribution in [2.24, 2.45) is 0 Å². The van der Waals surface area contributed by atoms with E-state index in [-0.39, 0.29) is 23.9 Å². The quantitative estimate of drug-likeness (QED) is 0.836. The zero-order valence-electron chi connectivity index (χ0n) is 11.4. The first-order valence-corrected chi connectivity index (χ1v) is 6.72. The molecule has 3 nitrogen and oxygen atoms in total. The van der Waals surface area contributed by atoms with Gasteiger partial charge in [0.2, 0.25) is 5.91 Å². The molecule has 4 heteroatoms. The largest absolute Gasteiger partial charge is 0.374 e. The molecule has 0 spiro atoms. The van der Waals surface area contributed by atoms with E-state index in [0.29, 0.717) is 13.0 Å². The molecule has 0 N–H and O–H groups in total. The molecule has 0 bridgehead atoms. The molecule has 1 aromatic carbocycles. The van der Waals surface area contributed by atoms with Crippen LogP contribution in [0.2, 0.25) is 0 Å². The second-order valence-corrected chi connectivity index (χ2v) is 5.24. The Bertz CT molecular complexity index is 430. The normalized spacial score (nSPS) is 19.2. The van der Waals surface area contributed by atoms with Crippen molar-refractivity contribution in [3.8, 4) is 0 Å². The van der Waals surface area contributed by atoms with Gasteiger partial charge in [-0.2, -0.15) is 0 Å². The van der Waals surface area contributed by atoms with E-state index < -0.39 is 0 Å². The summed E-state index contributed by atoms with van der Waals surface area (Å²) in [5.74, 6) is -0.191. The summed E-state index contributed by atoms with van der Waals surface area (Å²) in [4.78, 5) is 13.9. The van der Waals surface area contributed by atoms with E-state index in [2.05, 4.69) is 0 Å². The van der Waals surface area contributed by atoms with E-state index in [1.807, 2.05) is 18.7 Å². The van der Waals surface area contributed by atoms with Crippen LogP contribution in [-0.4, -0.2) is 36.1 Å². The molecule has 104 valence electrons. The van der Waals surface area contributed by atoms with Gasteiger partial charge in [-0.3, -0.25) is 4.79 Å². The summed E-state index contributed by atoms with van der Waals surface area (Å²) in [5, 5.41) is 0. The molecule has 1 aliphatic rings. The molecule has 1 fully saturated rings. The number of likely N-dealkylation sites (tertiary alicyclic amines) is 1. The Labute approximate surface area is 113 Å². The van der Waals surface area contributed by atoms with Gasteiger partial charge >= 0.3 is 0 Å². The van der Waals surface area contributed by atoms with Gasteiger partial charge in [-0.15, -0.1) is 0 Å². The van der Waals surface area contributed by atoms with Crippen LogP contribution in [0.1, 0.15) is 25.8 Å². The van der Waals surface area contributed by atoms with Crippen LogP contribution in [0.4, 0.5) is 4.39 Å². The highest BCUT2D eigenvalue weighted by molar-refractivity contribution is 5.79. The topological polar surface area (TPSA) is 29.5 Å². The Morgan fingerprint density at radius 2 is 2.11 bits per heavy atom. The van der Waals surface area contributed by atoms with Crippen LogP contribution >= 0.6 is 0 Å². The van der Waals surface area contributed by atoms with Crippen LogP contribution in [-0.2, 0) is 16.0 Å². The molecule has 0 unspecified atom stereocenters. The van der Waals surface area contributed by atoms with Gasteiger partial charge in [-0.1, -0.05) is 12.1 Å². The van der Waals surface area contributed by atoms with Crippen molar-refractivity contribution in [1.82, 2.24) is 4.90 Å². The molecule has 0 radical (unpaired) electrons. The summed E-state index contributed by atoms with van der Waals surface area (Å²) in [6.45, 7) is 5.42. The molecule has 0 aliphatic carbocycles. The van der Waals surface area contributed by atoms with Gasteiger partial charge in [0.25, 0.3) is 0 Å². The monoisotopic (exact) mass is 265 g/mol.